The molecule has 0 atom stereocenters. The van der Waals surface area contributed by atoms with E-state index in [2.05, 4.69) is 5.32 Å². The molecule has 0 aliphatic heterocycles. The lowest BCUT2D eigenvalue weighted by atomic mass is 10.1. The highest BCUT2D eigenvalue weighted by Gasteiger charge is 2.09. The number of hydrogen-bond acceptors (Lipinski definition) is 4. The monoisotopic (exact) mass is 285 g/mol. The van der Waals surface area contributed by atoms with Gasteiger partial charge < -0.3 is 9.73 Å². The second kappa shape index (κ2) is 5.87. The van der Waals surface area contributed by atoms with Crippen molar-refractivity contribution in [2.75, 3.05) is 5.32 Å². The predicted octanol–water partition coefficient (Wildman–Crippen LogP) is 4.44. The second-order valence-corrected chi connectivity index (χ2v) is 4.63. The molecule has 104 valence electrons. The number of fused-ring (bicyclic) bond motifs is 1. The van der Waals surface area contributed by atoms with Gasteiger partial charge in [0.2, 0.25) is 0 Å². The maximum absolute atomic E-state index is 8.77. The lowest BCUT2D eigenvalue weighted by molar-refractivity contribution is 0.632. The summed E-state index contributed by atoms with van der Waals surface area (Å²) in [6.45, 7) is 0. The molecule has 1 aromatic heterocycles. The van der Waals surface area contributed by atoms with Crippen molar-refractivity contribution >= 4 is 16.7 Å². The van der Waals surface area contributed by atoms with Crippen LogP contribution in [0.5, 0.6) is 0 Å². The summed E-state index contributed by atoms with van der Waals surface area (Å²) in [5.41, 5.74) is 2.40. The number of nitrogens with one attached hydrogen (secondary N) is 1. The minimum Gasteiger partial charge on any atom is -0.454 e. The average Bonchev–Trinajstić information content (AvgIpc) is 3.01. The number of para-hydroxylation sites is 1. The third kappa shape index (κ3) is 2.54. The molecule has 0 unspecified atom stereocenters. The lowest BCUT2D eigenvalue weighted by Gasteiger charge is -2.01. The van der Waals surface area contributed by atoms with Gasteiger partial charge in [-0.1, -0.05) is 42.5 Å². The molecule has 0 saturated carbocycles. The highest BCUT2D eigenvalue weighted by Crippen LogP contribution is 2.32. The van der Waals surface area contributed by atoms with Crippen LogP contribution >= 0.6 is 0 Å². The van der Waals surface area contributed by atoms with Gasteiger partial charge in [-0.15, -0.1) is 0 Å². The zero-order chi connectivity index (χ0) is 15.4. The van der Waals surface area contributed by atoms with Crippen molar-refractivity contribution in [3.63, 3.8) is 0 Å². The Kier molecular flexibility index (Phi) is 3.59. The van der Waals surface area contributed by atoms with Gasteiger partial charge >= 0.3 is 0 Å². The van der Waals surface area contributed by atoms with E-state index in [0.29, 0.717) is 11.3 Å². The first kappa shape index (κ1) is 13.5. The van der Waals surface area contributed by atoms with E-state index in [9.17, 15) is 0 Å². The SMILES string of the molecule is N#CC(C#N)=CNc1cccc2cc(-c3ccccc3)oc12. The molecule has 1 N–H and O–H groups in total. The second-order valence-electron chi connectivity index (χ2n) is 4.63. The molecule has 0 radical (unpaired) electrons. The van der Waals surface area contributed by atoms with E-state index in [1.54, 1.807) is 0 Å². The van der Waals surface area contributed by atoms with E-state index in [1.807, 2.05) is 66.7 Å². The minimum absolute atomic E-state index is 0.00634. The molecule has 3 aromatic rings. The third-order valence-corrected chi connectivity index (χ3v) is 3.22. The first-order chi connectivity index (χ1) is 10.8. The summed E-state index contributed by atoms with van der Waals surface area (Å²) in [7, 11) is 0. The number of allylic oxidation sites excluding steroid dienone is 1. The van der Waals surface area contributed by atoms with Crippen LogP contribution in [0.2, 0.25) is 0 Å². The van der Waals surface area contributed by atoms with E-state index >= 15 is 0 Å². The zero-order valence-electron chi connectivity index (χ0n) is 11.6. The van der Waals surface area contributed by atoms with E-state index in [-0.39, 0.29) is 5.57 Å². The van der Waals surface area contributed by atoms with Crippen molar-refractivity contribution in [2.45, 2.75) is 0 Å². The van der Waals surface area contributed by atoms with Gasteiger partial charge in [-0.3, -0.25) is 0 Å². The first-order valence-corrected chi connectivity index (χ1v) is 6.66. The van der Waals surface area contributed by atoms with E-state index < -0.39 is 0 Å². The highest BCUT2D eigenvalue weighted by atomic mass is 16.3. The Hall–Kier alpha value is -3.50. The topological polar surface area (TPSA) is 72.8 Å². The molecule has 0 saturated heterocycles. The maximum atomic E-state index is 8.77. The van der Waals surface area contributed by atoms with Gasteiger partial charge in [0, 0.05) is 17.1 Å². The fourth-order valence-electron chi connectivity index (χ4n) is 2.16. The Morgan fingerprint density at radius 2 is 1.77 bits per heavy atom. The Morgan fingerprint density at radius 3 is 2.50 bits per heavy atom. The molecule has 4 heteroatoms. The average molecular weight is 285 g/mol. The molecule has 4 nitrogen and oxygen atoms in total. The molecule has 0 amide bonds. The van der Waals surface area contributed by atoms with Gasteiger partial charge in [0.25, 0.3) is 0 Å². The fraction of sp³-hybridized carbons (Fsp3) is 0. The summed E-state index contributed by atoms with van der Waals surface area (Å²) in [5.74, 6) is 0.773. The van der Waals surface area contributed by atoms with Crippen LogP contribution in [-0.4, -0.2) is 0 Å². The van der Waals surface area contributed by atoms with Gasteiger partial charge in [0.1, 0.15) is 23.5 Å². The molecule has 0 spiro atoms. The van der Waals surface area contributed by atoms with Gasteiger partial charge in [-0.2, -0.15) is 10.5 Å². The molecule has 3 rings (SSSR count). The van der Waals surface area contributed by atoms with Crippen molar-refractivity contribution in [1.82, 2.24) is 0 Å². The number of rotatable bonds is 3. The maximum Gasteiger partial charge on any atom is 0.158 e. The smallest absolute Gasteiger partial charge is 0.158 e. The Balaban J connectivity index is 2.03. The third-order valence-electron chi connectivity index (χ3n) is 3.22. The quantitative estimate of drug-likeness (QED) is 0.722. The predicted molar refractivity (Wildman–Crippen MR) is 84.6 cm³/mol. The number of anilines is 1. The summed E-state index contributed by atoms with van der Waals surface area (Å²) < 4.78 is 5.93. The van der Waals surface area contributed by atoms with Crippen LogP contribution in [0.15, 0.2) is 70.8 Å². The first-order valence-electron chi connectivity index (χ1n) is 6.66. The Morgan fingerprint density at radius 1 is 1.00 bits per heavy atom. The van der Waals surface area contributed by atoms with Crippen molar-refractivity contribution in [1.29, 1.82) is 10.5 Å². The van der Waals surface area contributed by atoms with Crippen LogP contribution in [0, 0.1) is 22.7 Å². The molecule has 0 bridgehead atoms. The zero-order valence-corrected chi connectivity index (χ0v) is 11.6. The van der Waals surface area contributed by atoms with E-state index in [1.165, 1.54) is 6.20 Å². The van der Waals surface area contributed by atoms with Crippen LogP contribution < -0.4 is 5.32 Å². The van der Waals surface area contributed by atoms with Crippen molar-refractivity contribution in [3.8, 4) is 23.5 Å². The van der Waals surface area contributed by atoms with Crippen LogP contribution in [-0.2, 0) is 0 Å². The molecular weight excluding hydrogens is 274 g/mol. The number of hydrogen-bond donors (Lipinski definition) is 1. The number of nitrogens with zero attached hydrogens (tertiary/aromatic N) is 2. The van der Waals surface area contributed by atoms with Crippen molar-refractivity contribution < 1.29 is 4.42 Å². The minimum atomic E-state index is 0.00634. The molecule has 0 fully saturated rings. The number of benzene rings is 2. The Labute approximate surface area is 127 Å². The lowest BCUT2D eigenvalue weighted by Crippen LogP contribution is -1.89. The van der Waals surface area contributed by atoms with Crippen molar-refractivity contribution in [2.24, 2.45) is 0 Å². The molecule has 22 heavy (non-hydrogen) atoms. The van der Waals surface area contributed by atoms with Gasteiger partial charge in [-0.05, 0) is 12.1 Å². The van der Waals surface area contributed by atoms with Crippen LogP contribution in [0.3, 0.4) is 0 Å². The molecule has 0 aliphatic carbocycles. The van der Waals surface area contributed by atoms with Crippen LogP contribution in [0.25, 0.3) is 22.3 Å². The van der Waals surface area contributed by atoms with Gasteiger partial charge in [0.05, 0.1) is 5.69 Å². The van der Waals surface area contributed by atoms with E-state index in [0.717, 1.165) is 16.7 Å². The van der Waals surface area contributed by atoms with Crippen molar-refractivity contribution in [3.05, 3.63) is 66.4 Å². The molecule has 2 aromatic carbocycles. The summed E-state index contributed by atoms with van der Waals surface area (Å²) in [4.78, 5) is 0. The molecule has 0 aliphatic rings. The Bertz CT molecular complexity index is 908. The summed E-state index contributed by atoms with van der Waals surface area (Å²) in [5, 5.41) is 21.4. The van der Waals surface area contributed by atoms with E-state index in [4.69, 9.17) is 14.9 Å². The van der Waals surface area contributed by atoms with Gasteiger partial charge in [0.15, 0.2) is 5.58 Å². The highest BCUT2D eigenvalue weighted by molar-refractivity contribution is 5.92. The normalized spacial score (nSPS) is 9.73. The molecular formula is C18H11N3O. The van der Waals surface area contributed by atoms with Crippen LogP contribution in [0.1, 0.15) is 0 Å². The number of nitriles is 2. The van der Waals surface area contributed by atoms with Crippen LogP contribution in [0.4, 0.5) is 5.69 Å². The fourth-order valence-corrected chi connectivity index (χ4v) is 2.16. The standard InChI is InChI=1S/C18H11N3O/c19-10-13(11-20)12-21-16-8-4-7-15-9-17(22-18(15)16)14-5-2-1-3-6-14/h1-9,12,21H. The largest absolute Gasteiger partial charge is 0.454 e. The molecule has 1 heterocycles. The number of furan rings is 1. The summed E-state index contributed by atoms with van der Waals surface area (Å²) >= 11 is 0. The van der Waals surface area contributed by atoms with Gasteiger partial charge in [-0.25, -0.2) is 0 Å². The summed E-state index contributed by atoms with van der Waals surface area (Å²) in [6, 6.07) is 21.1. The summed E-state index contributed by atoms with van der Waals surface area (Å²) in [6.07, 6.45) is 1.37.